The van der Waals surface area contributed by atoms with Gasteiger partial charge in [0.05, 0.1) is 31.6 Å². The molecular formula is C19H24F2N4O. The smallest absolute Gasteiger partial charge is 0.262 e. The highest BCUT2D eigenvalue weighted by atomic mass is 19.3. The van der Waals surface area contributed by atoms with Gasteiger partial charge >= 0.3 is 0 Å². The van der Waals surface area contributed by atoms with Gasteiger partial charge < -0.3 is 4.74 Å². The minimum absolute atomic E-state index is 0.0805. The first kappa shape index (κ1) is 17.6. The van der Waals surface area contributed by atoms with Gasteiger partial charge in [0.25, 0.3) is 5.92 Å². The van der Waals surface area contributed by atoms with Crippen molar-refractivity contribution < 1.29 is 13.5 Å². The number of nitrogens with one attached hydrogen (secondary N) is 1. The molecule has 0 spiro atoms. The van der Waals surface area contributed by atoms with Gasteiger partial charge in [0.15, 0.2) is 0 Å². The molecule has 0 amide bonds. The molecule has 2 aromatic rings. The molecule has 1 N–H and O–H groups in total. The van der Waals surface area contributed by atoms with Crippen molar-refractivity contribution in [1.29, 1.82) is 0 Å². The Hall–Kier alpha value is -1.83. The monoisotopic (exact) mass is 362 g/mol. The predicted molar refractivity (Wildman–Crippen MR) is 95.0 cm³/mol. The number of hydrogen-bond donors (Lipinski definition) is 1. The number of rotatable bonds is 5. The molecule has 0 bridgehead atoms. The van der Waals surface area contributed by atoms with Crippen LogP contribution in [0.5, 0.6) is 0 Å². The van der Waals surface area contributed by atoms with E-state index in [4.69, 9.17) is 4.74 Å². The first-order valence-electron chi connectivity index (χ1n) is 9.10. The van der Waals surface area contributed by atoms with Gasteiger partial charge in [-0.3, -0.25) is 14.9 Å². The van der Waals surface area contributed by atoms with E-state index in [1.807, 2.05) is 35.2 Å². The standard InChI is InChI=1S/C19H24F2N4O/c20-19(21)10-17(13-24-6-8-26-9-7-24)25(14-19)12-16-11-22-23-18(16)15-4-2-1-3-5-15/h1-5,11,17H,6-10,12-14H2,(H,22,23)/t17-/m0/s1. The highest BCUT2D eigenvalue weighted by molar-refractivity contribution is 5.62. The molecule has 2 saturated heterocycles. The van der Waals surface area contributed by atoms with Crippen LogP contribution in [0.4, 0.5) is 8.78 Å². The Balaban J connectivity index is 1.50. The third-order valence-corrected chi connectivity index (χ3v) is 5.21. The maximum absolute atomic E-state index is 14.1. The minimum Gasteiger partial charge on any atom is -0.379 e. The van der Waals surface area contributed by atoms with Gasteiger partial charge in [-0.1, -0.05) is 30.3 Å². The Labute approximate surface area is 151 Å². The second-order valence-corrected chi connectivity index (χ2v) is 7.17. The lowest BCUT2D eigenvalue weighted by Crippen LogP contribution is -2.44. The Kier molecular flexibility index (Phi) is 5.02. The Bertz CT molecular complexity index is 715. The van der Waals surface area contributed by atoms with Crippen LogP contribution >= 0.6 is 0 Å². The molecule has 0 saturated carbocycles. The van der Waals surface area contributed by atoms with E-state index in [-0.39, 0.29) is 19.0 Å². The fourth-order valence-electron chi connectivity index (χ4n) is 3.92. The number of aromatic nitrogens is 2. The lowest BCUT2D eigenvalue weighted by atomic mass is 10.1. The van der Waals surface area contributed by atoms with Crippen LogP contribution in [0.25, 0.3) is 11.3 Å². The highest BCUT2D eigenvalue weighted by Gasteiger charge is 2.45. The average Bonchev–Trinajstić information content (AvgIpc) is 3.21. The maximum atomic E-state index is 14.1. The van der Waals surface area contributed by atoms with Gasteiger partial charge in [-0.05, 0) is 5.56 Å². The number of alkyl halides is 2. The van der Waals surface area contributed by atoms with Crippen molar-refractivity contribution in [2.24, 2.45) is 0 Å². The van der Waals surface area contributed by atoms with Crippen molar-refractivity contribution in [1.82, 2.24) is 20.0 Å². The number of H-pyrrole nitrogens is 1. The molecule has 1 atom stereocenters. The fraction of sp³-hybridized carbons (Fsp3) is 0.526. The maximum Gasteiger partial charge on any atom is 0.262 e. The second-order valence-electron chi connectivity index (χ2n) is 7.17. The summed E-state index contributed by atoms with van der Waals surface area (Å²) < 4.78 is 33.7. The van der Waals surface area contributed by atoms with Crippen LogP contribution in [0.2, 0.25) is 0 Å². The quantitative estimate of drug-likeness (QED) is 0.888. The van der Waals surface area contributed by atoms with E-state index in [9.17, 15) is 8.78 Å². The first-order chi connectivity index (χ1) is 12.6. The topological polar surface area (TPSA) is 44.4 Å². The Morgan fingerprint density at radius 3 is 2.73 bits per heavy atom. The number of morpholine rings is 1. The van der Waals surface area contributed by atoms with E-state index in [2.05, 4.69) is 15.1 Å². The summed E-state index contributed by atoms with van der Waals surface area (Å²) >= 11 is 0. The molecule has 7 heteroatoms. The van der Waals surface area contributed by atoms with Crippen molar-refractivity contribution >= 4 is 0 Å². The summed E-state index contributed by atoms with van der Waals surface area (Å²) in [7, 11) is 0. The normalized spacial score (nSPS) is 24.2. The summed E-state index contributed by atoms with van der Waals surface area (Å²) in [6.45, 7) is 3.95. The van der Waals surface area contributed by atoms with Crippen molar-refractivity contribution in [3.63, 3.8) is 0 Å². The lowest BCUT2D eigenvalue weighted by Gasteiger charge is -2.32. The zero-order valence-corrected chi connectivity index (χ0v) is 14.7. The van der Waals surface area contributed by atoms with E-state index in [1.165, 1.54) is 0 Å². The third kappa shape index (κ3) is 3.95. The summed E-state index contributed by atoms with van der Waals surface area (Å²) in [5.74, 6) is -2.63. The molecule has 140 valence electrons. The van der Waals surface area contributed by atoms with E-state index in [1.54, 1.807) is 6.20 Å². The number of aromatic amines is 1. The number of nitrogens with zero attached hydrogens (tertiary/aromatic N) is 3. The van der Waals surface area contributed by atoms with Crippen molar-refractivity contribution in [3.05, 3.63) is 42.1 Å². The van der Waals surface area contributed by atoms with E-state index in [0.29, 0.717) is 26.3 Å². The molecule has 4 rings (SSSR count). The summed E-state index contributed by atoms with van der Waals surface area (Å²) in [5, 5.41) is 7.17. The zero-order chi connectivity index (χ0) is 18.0. The van der Waals surface area contributed by atoms with Crippen molar-refractivity contribution in [2.45, 2.75) is 24.9 Å². The first-order valence-corrected chi connectivity index (χ1v) is 9.10. The number of ether oxygens (including phenoxy) is 1. The summed E-state index contributed by atoms with van der Waals surface area (Å²) in [6, 6.07) is 9.73. The fourth-order valence-corrected chi connectivity index (χ4v) is 3.92. The van der Waals surface area contributed by atoms with Crippen LogP contribution < -0.4 is 0 Å². The third-order valence-electron chi connectivity index (χ3n) is 5.21. The van der Waals surface area contributed by atoms with Crippen LogP contribution in [-0.2, 0) is 11.3 Å². The molecule has 3 heterocycles. The van der Waals surface area contributed by atoms with Gasteiger partial charge in [0, 0.05) is 44.2 Å². The van der Waals surface area contributed by atoms with Crippen LogP contribution in [0.3, 0.4) is 0 Å². The summed E-state index contributed by atoms with van der Waals surface area (Å²) in [5.41, 5.74) is 2.89. The van der Waals surface area contributed by atoms with Gasteiger partial charge in [0.2, 0.25) is 0 Å². The number of benzene rings is 1. The molecule has 1 aromatic heterocycles. The molecule has 0 unspecified atom stereocenters. The largest absolute Gasteiger partial charge is 0.379 e. The molecule has 1 aromatic carbocycles. The van der Waals surface area contributed by atoms with E-state index < -0.39 is 5.92 Å². The summed E-state index contributed by atoms with van der Waals surface area (Å²) in [4.78, 5) is 4.14. The van der Waals surface area contributed by atoms with E-state index in [0.717, 1.165) is 29.9 Å². The Morgan fingerprint density at radius 2 is 1.96 bits per heavy atom. The lowest BCUT2D eigenvalue weighted by molar-refractivity contribution is 0.0107. The van der Waals surface area contributed by atoms with Crippen molar-refractivity contribution in [3.8, 4) is 11.3 Å². The SMILES string of the molecule is FC1(F)C[C@@H](CN2CCOCC2)N(Cc2cn[nH]c2-c2ccccc2)C1. The second kappa shape index (κ2) is 7.42. The predicted octanol–water partition coefficient (Wildman–Crippen LogP) is 2.62. The van der Waals surface area contributed by atoms with Gasteiger partial charge in [0.1, 0.15) is 0 Å². The van der Waals surface area contributed by atoms with Crippen LogP contribution in [-0.4, -0.2) is 71.4 Å². The number of likely N-dealkylation sites (tertiary alicyclic amines) is 1. The highest BCUT2D eigenvalue weighted by Crippen LogP contribution is 2.34. The molecule has 2 aliphatic heterocycles. The number of hydrogen-bond acceptors (Lipinski definition) is 4. The molecule has 2 aliphatic rings. The minimum atomic E-state index is -2.63. The molecule has 5 nitrogen and oxygen atoms in total. The molecule has 26 heavy (non-hydrogen) atoms. The summed E-state index contributed by atoms with van der Waals surface area (Å²) in [6.07, 6.45) is 1.67. The van der Waals surface area contributed by atoms with Gasteiger partial charge in [-0.15, -0.1) is 0 Å². The van der Waals surface area contributed by atoms with Crippen LogP contribution in [0.1, 0.15) is 12.0 Å². The molecule has 0 radical (unpaired) electrons. The van der Waals surface area contributed by atoms with Crippen LogP contribution in [0, 0.1) is 0 Å². The molecule has 0 aliphatic carbocycles. The van der Waals surface area contributed by atoms with E-state index >= 15 is 0 Å². The van der Waals surface area contributed by atoms with Gasteiger partial charge in [-0.2, -0.15) is 5.10 Å². The Morgan fingerprint density at radius 1 is 1.19 bits per heavy atom. The molecule has 2 fully saturated rings. The zero-order valence-electron chi connectivity index (χ0n) is 14.7. The van der Waals surface area contributed by atoms with Crippen molar-refractivity contribution in [2.75, 3.05) is 39.4 Å². The average molecular weight is 362 g/mol. The van der Waals surface area contributed by atoms with Gasteiger partial charge in [-0.25, -0.2) is 8.78 Å². The van der Waals surface area contributed by atoms with Crippen LogP contribution in [0.15, 0.2) is 36.5 Å². The number of halogens is 2. The molecular weight excluding hydrogens is 338 g/mol.